The van der Waals surface area contributed by atoms with Crippen LogP contribution in [0.2, 0.25) is 0 Å². The van der Waals surface area contributed by atoms with E-state index in [-0.39, 0.29) is 5.56 Å². The molecule has 0 aliphatic carbocycles. The van der Waals surface area contributed by atoms with E-state index < -0.39 is 0 Å². The zero-order valence-corrected chi connectivity index (χ0v) is 14.7. The van der Waals surface area contributed by atoms with Crippen LogP contribution in [0.25, 0.3) is 10.9 Å². The maximum atomic E-state index is 12.8. The van der Waals surface area contributed by atoms with Gasteiger partial charge in [0.2, 0.25) is 0 Å². The Balaban J connectivity index is 1.81. The minimum absolute atomic E-state index is 0.0449. The lowest BCUT2D eigenvalue weighted by Gasteiger charge is -2.14. The van der Waals surface area contributed by atoms with E-state index in [2.05, 4.69) is 23.3 Å². The van der Waals surface area contributed by atoms with Crippen molar-refractivity contribution in [3.05, 3.63) is 64.5 Å². The summed E-state index contributed by atoms with van der Waals surface area (Å²) >= 11 is 0. The molecular weight excluding hydrogens is 316 g/mol. The number of hydrogen-bond acceptors (Lipinski definition) is 4. The SMILES string of the molecule is COCCn1c(=O)c(CNCCn2ccnc2)cc2cc(C)ccc21. The van der Waals surface area contributed by atoms with Gasteiger partial charge in [0, 0.05) is 51.2 Å². The minimum atomic E-state index is 0.0449. The normalized spacial score (nSPS) is 11.3. The fourth-order valence-electron chi connectivity index (χ4n) is 2.95. The predicted octanol–water partition coefficient (Wildman–Crippen LogP) is 1.94. The average molecular weight is 340 g/mol. The van der Waals surface area contributed by atoms with Gasteiger partial charge in [0.25, 0.3) is 5.56 Å². The van der Waals surface area contributed by atoms with E-state index in [9.17, 15) is 4.79 Å². The molecule has 2 heterocycles. The number of ether oxygens (including phenoxy) is 1. The summed E-state index contributed by atoms with van der Waals surface area (Å²) in [5.74, 6) is 0. The Labute approximate surface area is 147 Å². The first kappa shape index (κ1) is 17.4. The number of nitrogens with zero attached hydrogens (tertiary/aromatic N) is 3. The average Bonchev–Trinajstić information content (AvgIpc) is 3.12. The van der Waals surface area contributed by atoms with Gasteiger partial charge in [-0.2, -0.15) is 0 Å². The zero-order valence-electron chi connectivity index (χ0n) is 14.7. The topological polar surface area (TPSA) is 61.1 Å². The summed E-state index contributed by atoms with van der Waals surface area (Å²) in [4.78, 5) is 16.9. The van der Waals surface area contributed by atoms with Crippen LogP contribution in [-0.2, 0) is 24.4 Å². The van der Waals surface area contributed by atoms with Crippen LogP contribution in [0.4, 0.5) is 0 Å². The Morgan fingerprint density at radius 2 is 2.12 bits per heavy atom. The number of rotatable bonds is 8. The monoisotopic (exact) mass is 340 g/mol. The molecule has 1 aromatic carbocycles. The van der Waals surface area contributed by atoms with Gasteiger partial charge in [-0.15, -0.1) is 0 Å². The number of nitrogens with one attached hydrogen (secondary N) is 1. The van der Waals surface area contributed by atoms with Gasteiger partial charge in [-0.3, -0.25) is 4.79 Å². The molecule has 3 rings (SSSR count). The highest BCUT2D eigenvalue weighted by Gasteiger charge is 2.09. The molecular formula is C19H24N4O2. The van der Waals surface area contributed by atoms with Crippen LogP contribution in [0.1, 0.15) is 11.1 Å². The van der Waals surface area contributed by atoms with Gasteiger partial charge in [-0.05, 0) is 30.5 Å². The molecule has 2 aromatic heterocycles. The maximum absolute atomic E-state index is 12.8. The van der Waals surface area contributed by atoms with Gasteiger partial charge in [0.15, 0.2) is 0 Å². The standard InChI is InChI=1S/C19H24N4O2/c1-15-3-4-18-16(11-15)12-17(19(24)23(18)9-10-25-2)13-20-5-7-22-8-6-21-14-22/h3-4,6,8,11-12,14,20H,5,7,9-10,13H2,1-2H3. The highest BCUT2D eigenvalue weighted by molar-refractivity contribution is 5.80. The van der Waals surface area contributed by atoms with Crippen LogP contribution in [0.3, 0.4) is 0 Å². The fraction of sp³-hybridized carbons (Fsp3) is 0.368. The summed E-state index contributed by atoms with van der Waals surface area (Å²) in [5.41, 5.74) is 2.96. The second-order valence-electron chi connectivity index (χ2n) is 6.16. The Hall–Kier alpha value is -2.44. The number of pyridine rings is 1. The number of imidazole rings is 1. The van der Waals surface area contributed by atoms with Crippen molar-refractivity contribution in [3.8, 4) is 0 Å². The van der Waals surface area contributed by atoms with Crippen molar-refractivity contribution in [2.45, 2.75) is 26.6 Å². The Bertz CT molecular complexity index is 884. The molecule has 0 atom stereocenters. The lowest BCUT2D eigenvalue weighted by atomic mass is 10.1. The third-order valence-corrected chi connectivity index (χ3v) is 4.26. The lowest BCUT2D eigenvalue weighted by Crippen LogP contribution is -2.29. The third kappa shape index (κ3) is 4.15. The number of benzene rings is 1. The van der Waals surface area contributed by atoms with Crippen molar-refractivity contribution in [2.75, 3.05) is 20.3 Å². The number of fused-ring (bicyclic) bond motifs is 1. The zero-order chi connectivity index (χ0) is 17.6. The van der Waals surface area contributed by atoms with E-state index in [0.29, 0.717) is 19.7 Å². The largest absolute Gasteiger partial charge is 0.383 e. The summed E-state index contributed by atoms with van der Waals surface area (Å²) in [6.07, 6.45) is 5.48. The van der Waals surface area contributed by atoms with Crippen molar-refractivity contribution in [1.82, 2.24) is 19.4 Å². The van der Waals surface area contributed by atoms with E-state index in [4.69, 9.17) is 4.74 Å². The van der Waals surface area contributed by atoms with Gasteiger partial charge in [0.1, 0.15) is 0 Å². The fourth-order valence-corrected chi connectivity index (χ4v) is 2.95. The second kappa shape index (κ2) is 8.09. The van der Waals surface area contributed by atoms with Crippen LogP contribution in [0.15, 0.2) is 47.8 Å². The van der Waals surface area contributed by atoms with E-state index in [1.165, 1.54) is 5.56 Å². The number of aryl methyl sites for hydroxylation is 1. The lowest BCUT2D eigenvalue weighted by molar-refractivity contribution is 0.187. The molecule has 132 valence electrons. The number of methoxy groups -OCH3 is 1. The number of aromatic nitrogens is 3. The Morgan fingerprint density at radius 1 is 1.24 bits per heavy atom. The van der Waals surface area contributed by atoms with Crippen molar-refractivity contribution in [3.63, 3.8) is 0 Å². The van der Waals surface area contributed by atoms with Crippen LogP contribution in [0, 0.1) is 6.92 Å². The quantitative estimate of drug-likeness (QED) is 0.637. The van der Waals surface area contributed by atoms with E-state index in [1.54, 1.807) is 19.6 Å². The minimum Gasteiger partial charge on any atom is -0.383 e. The first-order valence-electron chi connectivity index (χ1n) is 8.47. The van der Waals surface area contributed by atoms with E-state index in [1.807, 2.05) is 33.5 Å². The molecule has 0 saturated heterocycles. The molecule has 3 aromatic rings. The molecule has 0 aliphatic rings. The molecule has 0 spiro atoms. The van der Waals surface area contributed by atoms with Crippen molar-refractivity contribution in [1.29, 1.82) is 0 Å². The Morgan fingerprint density at radius 3 is 2.88 bits per heavy atom. The highest BCUT2D eigenvalue weighted by Crippen LogP contribution is 2.16. The summed E-state index contributed by atoms with van der Waals surface area (Å²) in [7, 11) is 1.65. The van der Waals surface area contributed by atoms with E-state index in [0.717, 1.165) is 29.6 Å². The molecule has 0 fully saturated rings. The van der Waals surface area contributed by atoms with Crippen LogP contribution in [0.5, 0.6) is 0 Å². The summed E-state index contributed by atoms with van der Waals surface area (Å²) in [6.45, 7) is 5.28. The first-order chi connectivity index (χ1) is 12.2. The molecule has 0 radical (unpaired) electrons. The molecule has 0 unspecified atom stereocenters. The molecule has 6 heteroatoms. The molecule has 1 N–H and O–H groups in total. The Kier molecular flexibility index (Phi) is 5.63. The molecule has 0 bridgehead atoms. The van der Waals surface area contributed by atoms with Gasteiger partial charge in [-0.25, -0.2) is 4.98 Å². The van der Waals surface area contributed by atoms with Crippen molar-refractivity contribution in [2.24, 2.45) is 0 Å². The van der Waals surface area contributed by atoms with Gasteiger partial charge >= 0.3 is 0 Å². The van der Waals surface area contributed by atoms with Crippen molar-refractivity contribution >= 4 is 10.9 Å². The molecule has 0 amide bonds. The number of hydrogen-bond donors (Lipinski definition) is 1. The van der Waals surface area contributed by atoms with Crippen molar-refractivity contribution < 1.29 is 4.74 Å². The summed E-state index contributed by atoms with van der Waals surface area (Å²) < 4.78 is 8.99. The van der Waals surface area contributed by atoms with Gasteiger partial charge in [-0.1, -0.05) is 11.6 Å². The third-order valence-electron chi connectivity index (χ3n) is 4.26. The maximum Gasteiger partial charge on any atom is 0.255 e. The van der Waals surface area contributed by atoms with E-state index >= 15 is 0 Å². The first-order valence-corrected chi connectivity index (χ1v) is 8.47. The molecule has 25 heavy (non-hydrogen) atoms. The van der Waals surface area contributed by atoms with Gasteiger partial charge < -0.3 is 19.2 Å². The summed E-state index contributed by atoms with van der Waals surface area (Å²) in [6, 6.07) is 8.16. The molecule has 0 saturated carbocycles. The smallest absolute Gasteiger partial charge is 0.255 e. The van der Waals surface area contributed by atoms with Crippen LogP contribution < -0.4 is 10.9 Å². The van der Waals surface area contributed by atoms with Crippen LogP contribution >= 0.6 is 0 Å². The van der Waals surface area contributed by atoms with Gasteiger partial charge in [0.05, 0.1) is 18.5 Å². The second-order valence-corrected chi connectivity index (χ2v) is 6.16. The van der Waals surface area contributed by atoms with Crippen LogP contribution in [-0.4, -0.2) is 34.4 Å². The molecule has 6 nitrogen and oxygen atoms in total. The predicted molar refractivity (Wildman–Crippen MR) is 98.8 cm³/mol. The highest BCUT2D eigenvalue weighted by atomic mass is 16.5. The molecule has 0 aliphatic heterocycles. The summed E-state index contributed by atoms with van der Waals surface area (Å²) in [5, 5.41) is 4.44.